The van der Waals surface area contributed by atoms with Crippen molar-refractivity contribution in [2.24, 2.45) is 28.6 Å². The van der Waals surface area contributed by atoms with E-state index in [1.807, 2.05) is 12.0 Å². The van der Waals surface area contributed by atoms with Gasteiger partial charge < -0.3 is 5.73 Å². The molecule has 102 valence electrons. The average Bonchev–Trinajstić information content (AvgIpc) is 2.88. The minimum atomic E-state index is -0.376. The minimum Gasteiger partial charge on any atom is -0.364 e. The van der Waals surface area contributed by atoms with E-state index in [2.05, 4.69) is 10.1 Å². The Morgan fingerprint density at radius 2 is 1.89 bits per heavy atom. The van der Waals surface area contributed by atoms with Crippen molar-refractivity contribution in [1.82, 2.24) is 10.1 Å². The Hall–Kier alpha value is -0.810. The molecule has 5 nitrogen and oxygen atoms in total. The Morgan fingerprint density at radius 3 is 2.39 bits per heavy atom. The summed E-state index contributed by atoms with van der Waals surface area (Å²) in [4.78, 5) is 11.2. The van der Waals surface area contributed by atoms with E-state index in [-0.39, 0.29) is 24.2 Å². The van der Waals surface area contributed by atoms with Gasteiger partial charge in [0.15, 0.2) is 0 Å². The Morgan fingerprint density at radius 1 is 1.28 bits per heavy atom. The summed E-state index contributed by atoms with van der Waals surface area (Å²) in [6.07, 6.45) is 4.10. The number of hydrazine groups is 1. The lowest BCUT2D eigenvalue weighted by Gasteiger charge is -2.26. The molecule has 1 saturated heterocycles. The van der Waals surface area contributed by atoms with Crippen LogP contribution in [0.25, 0.3) is 0 Å². The molecule has 18 heavy (non-hydrogen) atoms. The molecule has 2 fully saturated rings. The van der Waals surface area contributed by atoms with Gasteiger partial charge in [-0.2, -0.15) is 5.10 Å². The maximum Gasteiger partial charge on any atom is 0.265 e. The summed E-state index contributed by atoms with van der Waals surface area (Å²) in [6, 6.07) is 0. The second-order valence-electron chi connectivity index (χ2n) is 5.63. The van der Waals surface area contributed by atoms with Gasteiger partial charge in [0.25, 0.3) is 5.91 Å². The van der Waals surface area contributed by atoms with Gasteiger partial charge in [-0.25, -0.2) is 10.1 Å². The summed E-state index contributed by atoms with van der Waals surface area (Å²) in [5.74, 6) is 1.48. The quantitative estimate of drug-likeness (QED) is 0.811. The Labute approximate surface area is 114 Å². The van der Waals surface area contributed by atoms with E-state index in [0.717, 1.165) is 31.5 Å². The molecule has 0 bridgehead atoms. The number of carbonyl (C=O) groups excluding carboxylic acids is 1. The van der Waals surface area contributed by atoms with E-state index in [4.69, 9.17) is 5.73 Å². The maximum absolute atomic E-state index is 11.2. The number of halogens is 1. The molecule has 0 spiro atoms. The van der Waals surface area contributed by atoms with E-state index in [9.17, 15) is 4.79 Å². The van der Waals surface area contributed by atoms with Gasteiger partial charge in [-0.1, -0.05) is 13.3 Å². The number of nitrogens with two attached hydrogens (primary N) is 1. The van der Waals surface area contributed by atoms with Crippen molar-refractivity contribution < 1.29 is 4.79 Å². The summed E-state index contributed by atoms with van der Waals surface area (Å²) in [7, 11) is 0. The van der Waals surface area contributed by atoms with Crippen LogP contribution in [0.4, 0.5) is 0 Å². The van der Waals surface area contributed by atoms with Gasteiger partial charge in [0.05, 0.1) is 6.54 Å². The molecule has 1 amide bonds. The van der Waals surface area contributed by atoms with Crippen molar-refractivity contribution >= 4 is 24.0 Å². The largest absolute Gasteiger partial charge is 0.364 e. The van der Waals surface area contributed by atoms with Crippen LogP contribution in [0.3, 0.4) is 0 Å². The smallest absolute Gasteiger partial charge is 0.265 e. The van der Waals surface area contributed by atoms with Gasteiger partial charge in [0, 0.05) is 19.0 Å². The first-order chi connectivity index (χ1) is 8.15. The predicted octanol–water partition coefficient (Wildman–Crippen LogP) is 0.848. The summed E-state index contributed by atoms with van der Waals surface area (Å²) < 4.78 is 0. The van der Waals surface area contributed by atoms with Gasteiger partial charge in [0.1, 0.15) is 5.71 Å². The number of amides is 1. The van der Waals surface area contributed by atoms with E-state index in [0.29, 0.717) is 5.71 Å². The maximum atomic E-state index is 11.2. The highest BCUT2D eigenvalue weighted by molar-refractivity contribution is 6.39. The van der Waals surface area contributed by atoms with Crippen LogP contribution in [0.1, 0.15) is 26.2 Å². The number of hydrazone groups is 1. The molecule has 3 aliphatic rings. The van der Waals surface area contributed by atoms with Crippen LogP contribution in [-0.2, 0) is 4.79 Å². The van der Waals surface area contributed by atoms with Crippen molar-refractivity contribution in [3.63, 3.8) is 0 Å². The summed E-state index contributed by atoms with van der Waals surface area (Å²) >= 11 is 0. The van der Waals surface area contributed by atoms with Crippen molar-refractivity contribution in [2.45, 2.75) is 26.2 Å². The third-order valence-corrected chi connectivity index (χ3v) is 4.41. The first-order valence-electron chi connectivity index (χ1n) is 6.56. The van der Waals surface area contributed by atoms with Crippen LogP contribution in [0.5, 0.6) is 0 Å². The van der Waals surface area contributed by atoms with Gasteiger partial charge in [-0.3, -0.25) is 4.79 Å². The number of rotatable bonds is 2. The monoisotopic (exact) mass is 272 g/mol. The van der Waals surface area contributed by atoms with Crippen molar-refractivity contribution in [1.29, 1.82) is 0 Å². The van der Waals surface area contributed by atoms with Crippen molar-refractivity contribution in [3.05, 3.63) is 0 Å². The zero-order chi connectivity index (χ0) is 12.0. The molecule has 3 unspecified atom stereocenters. The number of nitrogens with zero attached hydrogens (tertiary/aromatic N) is 3. The van der Waals surface area contributed by atoms with E-state index in [1.54, 1.807) is 0 Å². The fourth-order valence-corrected chi connectivity index (χ4v) is 3.46. The molecule has 0 aromatic heterocycles. The third kappa shape index (κ3) is 2.21. The molecule has 2 aliphatic heterocycles. The average molecular weight is 273 g/mol. The van der Waals surface area contributed by atoms with Gasteiger partial charge in [0.2, 0.25) is 0 Å². The van der Waals surface area contributed by atoms with E-state index < -0.39 is 0 Å². The molecule has 1 aliphatic carbocycles. The van der Waals surface area contributed by atoms with Gasteiger partial charge in [-0.05, 0) is 24.7 Å². The lowest BCUT2D eigenvalue weighted by molar-refractivity contribution is -0.112. The number of primary amides is 1. The van der Waals surface area contributed by atoms with E-state index in [1.165, 1.54) is 19.3 Å². The Kier molecular flexibility index (Phi) is 3.82. The lowest BCUT2D eigenvalue weighted by atomic mass is 10.0. The molecule has 2 N–H and O–H groups in total. The summed E-state index contributed by atoms with van der Waals surface area (Å²) in [5.41, 5.74) is 5.86. The summed E-state index contributed by atoms with van der Waals surface area (Å²) in [5, 5.41) is 8.66. The standard InChI is InChI=1S/C12H20N4O.ClH/c1-8-5-16(14-11(8)12(13)17)15-6-9-3-2-4-10(9)7-15;/h8-10H,2-7H2,1H3,(H2,13,17);1H. The highest BCUT2D eigenvalue weighted by atomic mass is 35.5. The van der Waals surface area contributed by atoms with E-state index >= 15 is 0 Å². The zero-order valence-corrected chi connectivity index (χ0v) is 11.5. The summed E-state index contributed by atoms with van der Waals surface area (Å²) in [6.45, 7) is 5.03. The van der Waals surface area contributed by atoms with Gasteiger partial charge in [-0.15, -0.1) is 12.4 Å². The van der Waals surface area contributed by atoms with Crippen molar-refractivity contribution in [3.8, 4) is 0 Å². The van der Waals surface area contributed by atoms with Crippen molar-refractivity contribution in [2.75, 3.05) is 19.6 Å². The number of fused-ring (bicyclic) bond motifs is 1. The molecule has 0 aromatic rings. The highest BCUT2D eigenvalue weighted by Gasteiger charge is 2.40. The van der Waals surface area contributed by atoms with Crippen LogP contribution >= 0.6 is 12.4 Å². The molecule has 0 radical (unpaired) electrons. The third-order valence-electron chi connectivity index (χ3n) is 4.41. The fourth-order valence-electron chi connectivity index (χ4n) is 3.46. The molecule has 3 rings (SSSR count). The number of hydrogen-bond donors (Lipinski definition) is 1. The molecule has 1 saturated carbocycles. The number of carbonyl (C=O) groups is 1. The fraction of sp³-hybridized carbons (Fsp3) is 0.833. The Balaban J connectivity index is 0.00000120. The van der Waals surface area contributed by atoms with Crippen LogP contribution < -0.4 is 5.73 Å². The second-order valence-corrected chi connectivity index (χ2v) is 5.63. The molecule has 2 heterocycles. The zero-order valence-electron chi connectivity index (χ0n) is 10.7. The highest BCUT2D eigenvalue weighted by Crippen LogP contribution is 2.38. The second kappa shape index (κ2) is 5.05. The minimum absolute atomic E-state index is 0. The van der Waals surface area contributed by atoms with Gasteiger partial charge >= 0.3 is 0 Å². The van der Waals surface area contributed by atoms with Crippen LogP contribution in [-0.4, -0.2) is 41.4 Å². The molecule has 0 aromatic carbocycles. The Bertz CT molecular complexity index is 361. The molecular formula is C12H21ClN4O. The predicted molar refractivity (Wildman–Crippen MR) is 72.2 cm³/mol. The lowest BCUT2D eigenvalue weighted by Crippen LogP contribution is -2.37. The first kappa shape index (κ1) is 13.6. The molecule has 3 atom stereocenters. The molecule has 6 heteroatoms. The molecular weight excluding hydrogens is 252 g/mol. The van der Waals surface area contributed by atoms with Crippen LogP contribution in [0, 0.1) is 17.8 Å². The first-order valence-corrected chi connectivity index (χ1v) is 6.56. The van der Waals surface area contributed by atoms with Crippen LogP contribution in [0.2, 0.25) is 0 Å². The topological polar surface area (TPSA) is 61.9 Å². The number of hydrogen-bond acceptors (Lipinski definition) is 4. The van der Waals surface area contributed by atoms with Crippen LogP contribution in [0.15, 0.2) is 5.10 Å². The normalized spacial score (nSPS) is 35.3. The SMILES string of the molecule is CC1CN(N2CC3CCCC3C2)N=C1C(N)=O.Cl.